The highest BCUT2D eigenvalue weighted by Gasteiger charge is 2.19. The van der Waals surface area contributed by atoms with Crippen LogP contribution in [0.5, 0.6) is 5.75 Å². The number of carbonyl (C=O) groups is 1. The van der Waals surface area contributed by atoms with Crippen molar-refractivity contribution in [3.8, 4) is 5.75 Å². The number of ether oxygens (including phenoxy) is 1. The zero-order valence-corrected chi connectivity index (χ0v) is 16.3. The number of nitrogens with zero attached hydrogens (tertiary/aromatic N) is 1. The van der Waals surface area contributed by atoms with Crippen molar-refractivity contribution in [1.82, 2.24) is 5.16 Å². The van der Waals surface area contributed by atoms with Crippen molar-refractivity contribution in [2.75, 3.05) is 17.1 Å². The number of aromatic nitrogens is 1. The Hall–Kier alpha value is -3.33. The molecule has 146 valence electrons. The number of hydrogen-bond donors (Lipinski definition) is 2. The summed E-state index contributed by atoms with van der Waals surface area (Å²) in [5.74, 6) is 0.584. The van der Waals surface area contributed by atoms with E-state index in [4.69, 9.17) is 9.26 Å². The molecule has 28 heavy (non-hydrogen) atoms. The molecule has 1 amide bonds. The second-order valence-corrected chi connectivity index (χ2v) is 7.70. The fraction of sp³-hybridized carbons (Fsp3) is 0.158. The van der Waals surface area contributed by atoms with Crippen LogP contribution in [0.15, 0.2) is 57.9 Å². The number of benzene rings is 2. The van der Waals surface area contributed by atoms with E-state index in [0.29, 0.717) is 34.1 Å². The van der Waals surface area contributed by atoms with Gasteiger partial charge in [0.25, 0.3) is 15.9 Å². The molecule has 0 radical (unpaired) electrons. The van der Waals surface area contributed by atoms with Gasteiger partial charge in [0, 0.05) is 11.4 Å². The van der Waals surface area contributed by atoms with Gasteiger partial charge >= 0.3 is 0 Å². The first kappa shape index (κ1) is 19.4. The summed E-state index contributed by atoms with van der Waals surface area (Å²) in [4.78, 5) is 12.5. The van der Waals surface area contributed by atoms with E-state index in [-0.39, 0.29) is 4.90 Å². The topological polar surface area (TPSA) is 111 Å². The van der Waals surface area contributed by atoms with Crippen LogP contribution in [0.3, 0.4) is 0 Å². The largest absolute Gasteiger partial charge is 0.497 e. The van der Waals surface area contributed by atoms with Crippen LogP contribution in [0.2, 0.25) is 0 Å². The number of nitrogens with one attached hydrogen (secondary N) is 2. The van der Waals surface area contributed by atoms with Crippen molar-refractivity contribution in [2.45, 2.75) is 18.7 Å². The van der Waals surface area contributed by atoms with Crippen molar-refractivity contribution in [2.24, 2.45) is 0 Å². The third-order valence-electron chi connectivity index (χ3n) is 4.00. The van der Waals surface area contributed by atoms with Gasteiger partial charge < -0.3 is 14.6 Å². The molecule has 0 aliphatic rings. The Labute approximate surface area is 162 Å². The van der Waals surface area contributed by atoms with Crippen molar-refractivity contribution in [3.63, 3.8) is 0 Å². The van der Waals surface area contributed by atoms with Crippen LogP contribution in [-0.4, -0.2) is 26.6 Å². The standard InChI is InChI=1S/C19H19N3O5S/c1-12-18(13(2)27-21-12)19(23)20-15-5-4-6-17(11-15)28(24,25)22-14-7-9-16(26-3)10-8-14/h4-11,22H,1-3H3,(H,20,23). The molecule has 3 rings (SSSR count). The molecule has 0 unspecified atom stereocenters. The van der Waals surface area contributed by atoms with E-state index in [2.05, 4.69) is 15.2 Å². The first-order chi connectivity index (χ1) is 13.3. The van der Waals surface area contributed by atoms with Gasteiger partial charge in [-0.2, -0.15) is 0 Å². The number of sulfonamides is 1. The number of methoxy groups -OCH3 is 1. The SMILES string of the molecule is COc1ccc(NS(=O)(=O)c2cccc(NC(=O)c3c(C)noc3C)c2)cc1. The molecular formula is C19H19N3O5S. The highest BCUT2D eigenvalue weighted by molar-refractivity contribution is 7.92. The van der Waals surface area contributed by atoms with Gasteiger partial charge in [-0.05, 0) is 56.3 Å². The van der Waals surface area contributed by atoms with Gasteiger partial charge in [-0.3, -0.25) is 9.52 Å². The van der Waals surface area contributed by atoms with Crippen LogP contribution < -0.4 is 14.8 Å². The minimum absolute atomic E-state index is 0.0138. The summed E-state index contributed by atoms with van der Waals surface area (Å²) in [6, 6.07) is 12.5. The third-order valence-corrected chi connectivity index (χ3v) is 5.38. The van der Waals surface area contributed by atoms with Gasteiger partial charge in [0.2, 0.25) is 0 Å². The zero-order valence-electron chi connectivity index (χ0n) is 15.5. The molecule has 1 heterocycles. The van der Waals surface area contributed by atoms with Crippen LogP contribution in [0, 0.1) is 13.8 Å². The van der Waals surface area contributed by atoms with Crippen LogP contribution in [0.4, 0.5) is 11.4 Å². The maximum Gasteiger partial charge on any atom is 0.261 e. The van der Waals surface area contributed by atoms with Gasteiger partial charge in [0.05, 0.1) is 17.7 Å². The quantitative estimate of drug-likeness (QED) is 0.655. The predicted octanol–water partition coefficient (Wildman–Crippen LogP) is 3.35. The molecule has 9 heteroatoms. The summed E-state index contributed by atoms with van der Waals surface area (Å²) < 4.78 is 37.8. The molecule has 3 aromatic rings. The number of amides is 1. The van der Waals surface area contributed by atoms with E-state index >= 15 is 0 Å². The second-order valence-electron chi connectivity index (χ2n) is 6.02. The molecule has 8 nitrogen and oxygen atoms in total. The summed E-state index contributed by atoms with van der Waals surface area (Å²) in [7, 11) is -2.30. The molecule has 2 N–H and O–H groups in total. The fourth-order valence-corrected chi connectivity index (χ4v) is 3.72. The normalized spacial score (nSPS) is 11.1. The highest BCUT2D eigenvalue weighted by atomic mass is 32.2. The van der Waals surface area contributed by atoms with Gasteiger partial charge in [0.1, 0.15) is 17.1 Å². The lowest BCUT2D eigenvalue weighted by molar-refractivity contribution is 0.102. The molecule has 1 aromatic heterocycles. The molecule has 0 spiro atoms. The lowest BCUT2D eigenvalue weighted by Gasteiger charge is -2.11. The van der Waals surface area contributed by atoms with E-state index in [9.17, 15) is 13.2 Å². The molecule has 2 aromatic carbocycles. The molecule has 0 saturated heterocycles. The minimum Gasteiger partial charge on any atom is -0.497 e. The number of aryl methyl sites for hydroxylation is 2. The Morgan fingerprint density at radius 3 is 2.39 bits per heavy atom. The van der Waals surface area contributed by atoms with Crippen molar-refractivity contribution >= 4 is 27.3 Å². The summed E-state index contributed by atoms with van der Waals surface area (Å²) in [6.45, 7) is 3.29. The summed E-state index contributed by atoms with van der Waals surface area (Å²) >= 11 is 0. The lowest BCUT2D eigenvalue weighted by Crippen LogP contribution is -2.16. The average Bonchev–Trinajstić information content (AvgIpc) is 3.00. The lowest BCUT2D eigenvalue weighted by atomic mass is 10.2. The van der Waals surface area contributed by atoms with Crippen LogP contribution in [0.1, 0.15) is 21.8 Å². The molecule has 0 bridgehead atoms. The Kier molecular flexibility index (Phi) is 5.36. The zero-order chi connectivity index (χ0) is 20.3. The Bertz CT molecular complexity index is 1090. The van der Waals surface area contributed by atoms with Gasteiger partial charge in [-0.25, -0.2) is 8.42 Å². The van der Waals surface area contributed by atoms with Crippen molar-refractivity contribution in [3.05, 3.63) is 65.5 Å². The number of hydrogen-bond acceptors (Lipinski definition) is 6. The highest BCUT2D eigenvalue weighted by Crippen LogP contribution is 2.22. The number of rotatable bonds is 6. The molecule has 0 fully saturated rings. The number of carbonyl (C=O) groups excluding carboxylic acids is 1. The first-order valence-electron chi connectivity index (χ1n) is 8.31. The summed E-state index contributed by atoms with van der Waals surface area (Å²) in [5.41, 5.74) is 1.51. The maximum absolute atomic E-state index is 12.7. The van der Waals surface area contributed by atoms with E-state index in [1.165, 1.54) is 19.2 Å². The second kappa shape index (κ2) is 7.73. The summed E-state index contributed by atoms with van der Waals surface area (Å²) in [6.07, 6.45) is 0. The van der Waals surface area contributed by atoms with Gasteiger partial charge in [-0.15, -0.1) is 0 Å². The van der Waals surface area contributed by atoms with E-state index in [1.54, 1.807) is 50.2 Å². The van der Waals surface area contributed by atoms with E-state index in [0.717, 1.165) is 0 Å². The average molecular weight is 401 g/mol. The molecule has 0 atom stereocenters. The Morgan fingerprint density at radius 2 is 1.79 bits per heavy atom. The molecule has 0 aliphatic heterocycles. The van der Waals surface area contributed by atoms with Crippen molar-refractivity contribution < 1.29 is 22.5 Å². The summed E-state index contributed by atoms with van der Waals surface area (Å²) in [5, 5.41) is 6.41. The fourth-order valence-electron chi connectivity index (χ4n) is 2.61. The van der Waals surface area contributed by atoms with Gasteiger partial charge in [-0.1, -0.05) is 11.2 Å². The molecule has 0 saturated carbocycles. The Balaban J connectivity index is 1.80. The van der Waals surface area contributed by atoms with Crippen LogP contribution in [0.25, 0.3) is 0 Å². The predicted molar refractivity (Wildman–Crippen MR) is 104 cm³/mol. The van der Waals surface area contributed by atoms with E-state index < -0.39 is 15.9 Å². The van der Waals surface area contributed by atoms with Gasteiger partial charge in [0.15, 0.2) is 0 Å². The number of anilines is 2. The maximum atomic E-state index is 12.7. The Morgan fingerprint density at radius 1 is 1.07 bits per heavy atom. The smallest absolute Gasteiger partial charge is 0.261 e. The van der Waals surface area contributed by atoms with Crippen LogP contribution >= 0.6 is 0 Å². The third kappa shape index (κ3) is 4.15. The van der Waals surface area contributed by atoms with Crippen molar-refractivity contribution in [1.29, 1.82) is 0 Å². The minimum atomic E-state index is -3.83. The molecular weight excluding hydrogens is 382 g/mol. The van der Waals surface area contributed by atoms with E-state index in [1.807, 2.05) is 0 Å². The first-order valence-corrected chi connectivity index (χ1v) is 9.79. The van der Waals surface area contributed by atoms with Crippen LogP contribution in [-0.2, 0) is 10.0 Å². The molecule has 0 aliphatic carbocycles. The monoisotopic (exact) mass is 401 g/mol.